The van der Waals surface area contributed by atoms with E-state index in [0.717, 1.165) is 0 Å². The molecule has 10 heteroatoms. The van der Waals surface area contributed by atoms with Crippen LogP contribution in [0.3, 0.4) is 0 Å². The average molecular weight is 490 g/mol. The van der Waals surface area contributed by atoms with E-state index >= 15 is 4.39 Å². The van der Waals surface area contributed by atoms with Crippen LogP contribution in [0.2, 0.25) is 5.02 Å². The summed E-state index contributed by atoms with van der Waals surface area (Å²) in [5.74, 6) is -0.598. The molecule has 3 aromatic rings. The number of aliphatic hydroxyl groups excluding tert-OH is 1. The third kappa shape index (κ3) is 4.30. The van der Waals surface area contributed by atoms with Crippen molar-refractivity contribution in [1.29, 1.82) is 0 Å². The minimum atomic E-state index is -0.818. The van der Waals surface area contributed by atoms with Crippen LogP contribution in [0.5, 0.6) is 5.75 Å². The number of anilines is 1. The van der Waals surface area contributed by atoms with E-state index in [1.165, 1.54) is 11.0 Å². The first-order valence-corrected chi connectivity index (χ1v) is 11.7. The van der Waals surface area contributed by atoms with Gasteiger partial charge in [-0.15, -0.1) is 0 Å². The van der Waals surface area contributed by atoms with Crippen LogP contribution in [0.4, 0.5) is 10.2 Å². The minimum absolute atomic E-state index is 0.150. The monoisotopic (exact) mass is 489 g/mol. The second-order valence-corrected chi connectivity index (χ2v) is 9.37. The van der Waals surface area contributed by atoms with Crippen LogP contribution in [-0.2, 0) is 0 Å². The van der Waals surface area contributed by atoms with Crippen LogP contribution >= 0.6 is 11.6 Å². The van der Waals surface area contributed by atoms with Gasteiger partial charge >= 0.3 is 0 Å². The molecule has 34 heavy (non-hydrogen) atoms. The highest BCUT2D eigenvalue weighted by Crippen LogP contribution is 2.40. The summed E-state index contributed by atoms with van der Waals surface area (Å²) >= 11 is 6.32. The molecule has 0 bridgehead atoms. The number of aryl methyl sites for hydroxylation is 1. The highest BCUT2D eigenvalue weighted by molar-refractivity contribution is 6.31. The molecule has 0 saturated carbocycles. The Morgan fingerprint density at radius 2 is 2.00 bits per heavy atom. The molecule has 1 aromatic carbocycles. The summed E-state index contributed by atoms with van der Waals surface area (Å²) in [6, 6.07) is 1.50. The van der Waals surface area contributed by atoms with Gasteiger partial charge in [0.2, 0.25) is 0 Å². The van der Waals surface area contributed by atoms with Gasteiger partial charge in [-0.1, -0.05) is 18.5 Å². The third-order valence-electron chi connectivity index (χ3n) is 6.16. The number of nitrogen functional groups attached to an aromatic ring is 1. The van der Waals surface area contributed by atoms with Crippen molar-refractivity contribution in [3.63, 3.8) is 0 Å². The van der Waals surface area contributed by atoms with Crippen molar-refractivity contribution in [3.05, 3.63) is 51.9 Å². The molecular formula is C24H29ClFN5O3. The second-order valence-electron chi connectivity index (χ2n) is 8.96. The molecule has 2 aromatic heterocycles. The van der Waals surface area contributed by atoms with Crippen molar-refractivity contribution < 1.29 is 19.0 Å². The zero-order chi connectivity index (χ0) is 24.7. The Labute approximate surface area is 202 Å². The number of nitrogens with two attached hydrogens (primary N) is 1. The van der Waals surface area contributed by atoms with E-state index < -0.39 is 23.7 Å². The zero-order valence-corrected chi connectivity index (χ0v) is 20.4. The van der Waals surface area contributed by atoms with Crippen LogP contribution in [0, 0.1) is 12.7 Å². The summed E-state index contributed by atoms with van der Waals surface area (Å²) < 4.78 is 23.3. The molecule has 4 rings (SSSR count). The second kappa shape index (κ2) is 9.38. The van der Waals surface area contributed by atoms with E-state index in [1.807, 2.05) is 32.1 Å². The minimum Gasteiger partial charge on any atom is -0.490 e. The number of piperidine rings is 1. The number of nitrogens with zero attached hydrogens (tertiary/aromatic N) is 4. The van der Waals surface area contributed by atoms with Gasteiger partial charge in [0.05, 0.1) is 22.9 Å². The van der Waals surface area contributed by atoms with Crippen molar-refractivity contribution in [2.45, 2.75) is 58.7 Å². The first-order chi connectivity index (χ1) is 16.1. The fourth-order valence-corrected chi connectivity index (χ4v) is 4.66. The third-order valence-corrected chi connectivity index (χ3v) is 6.43. The number of halogens is 2. The Kier molecular flexibility index (Phi) is 6.69. The fourth-order valence-electron chi connectivity index (χ4n) is 4.44. The molecule has 1 unspecified atom stereocenters. The number of amides is 1. The summed E-state index contributed by atoms with van der Waals surface area (Å²) in [6.07, 6.45) is 3.44. The van der Waals surface area contributed by atoms with Crippen LogP contribution < -0.4 is 10.5 Å². The van der Waals surface area contributed by atoms with Gasteiger partial charge in [0.15, 0.2) is 5.82 Å². The molecule has 8 nitrogen and oxygen atoms in total. The number of imidazole rings is 1. The fraction of sp³-hybridized carbons (Fsp3) is 0.458. The van der Waals surface area contributed by atoms with E-state index in [-0.39, 0.29) is 22.4 Å². The molecule has 1 amide bonds. The number of hydrogen-bond acceptors (Lipinski definition) is 6. The van der Waals surface area contributed by atoms with Gasteiger partial charge in [-0.05, 0) is 39.7 Å². The van der Waals surface area contributed by atoms with Gasteiger partial charge in [0, 0.05) is 37.0 Å². The number of benzene rings is 1. The predicted octanol–water partition coefficient (Wildman–Crippen LogP) is 3.95. The van der Waals surface area contributed by atoms with Gasteiger partial charge in [0.25, 0.3) is 5.91 Å². The Morgan fingerprint density at radius 3 is 2.65 bits per heavy atom. The van der Waals surface area contributed by atoms with Gasteiger partial charge in [-0.3, -0.25) is 9.20 Å². The van der Waals surface area contributed by atoms with Gasteiger partial charge in [-0.25, -0.2) is 14.4 Å². The quantitative estimate of drug-likeness (QED) is 0.562. The standard InChI is InChI=1S/C24H29ClFN5O3/c1-12(2)34-21-16(13(3)23-29-14(4)20-22(27)28-7-10-31(20)23)11-17(25)19(26)18(21)24(33)30-8-5-15(32)6-9-30/h7,10-13,15,32H,5-6,8-9H2,1-4H3,(H2,27,28). The van der Waals surface area contributed by atoms with Crippen LogP contribution in [0.25, 0.3) is 5.52 Å². The normalized spacial score (nSPS) is 15.8. The smallest absolute Gasteiger partial charge is 0.260 e. The number of hydrogen-bond donors (Lipinski definition) is 2. The van der Waals surface area contributed by atoms with Crippen LogP contribution in [0.1, 0.15) is 67.0 Å². The number of likely N-dealkylation sites (tertiary alicyclic amines) is 1. The average Bonchev–Trinajstić information content (AvgIpc) is 3.13. The maximum atomic E-state index is 15.4. The molecule has 0 aliphatic carbocycles. The molecule has 1 saturated heterocycles. The molecule has 182 valence electrons. The topological polar surface area (TPSA) is 106 Å². The summed E-state index contributed by atoms with van der Waals surface area (Å²) in [4.78, 5) is 23.9. The largest absolute Gasteiger partial charge is 0.490 e. The van der Waals surface area contributed by atoms with Crippen molar-refractivity contribution in [3.8, 4) is 5.75 Å². The first kappa shape index (κ1) is 24.2. The highest BCUT2D eigenvalue weighted by atomic mass is 35.5. The van der Waals surface area contributed by atoms with E-state index in [2.05, 4.69) is 4.98 Å². The maximum Gasteiger partial charge on any atom is 0.260 e. The molecule has 1 aliphatic heterocycles. The number of aromatic nitrogens is 3. The van der Waals surface area contributed by atoms with Gasteiger partial charge in [0.1, 0.15) is 28.5 Å². The van der Waals surface area contributed by atoms with E-state index in [1.54, 1.807) is 12.4 Å². The Morgan fingerprint density at radius 1 is 1.32 bits per heavy atom. The van der Waals surface area contributed by atoms with Crippen molar-refractivity contribution >= 4 is 28.8 Å². The van der Waals surface area contributed by atoms with Crippen LogP contribution in [-0.4, -0.2) is 55.6 Å². The summed E-state index contributed by atoms with van der Waals surface area (Å²) in [7, 11) is 0. The van der Waals surface area contributed by atoms with E-state index in [4.69, 9.17) is 27.1 Å². The van der Waals surface area contributed by atoms with Crippen molar-refractivity contribution in [2.24, 2.45) is 0 Å². The summed E-state index contributed by atoms with van der Waals surface area (Å²) in [6.45, 7) is 8.02. The number of carbonyl (C=O) groups is 1. The van der Waals surface area contributed by atoms with E-state index in [9.17, 15) is 9.90 Å². The molecule has 1 atom stereocenters. The Bertz CT molecular complexity index is 1240. The predicted molar refractivity (Wildman–Crippen MR) is 128 cm³/mol. The highest BCUT2D eigenvalue weighted by Gasteiger charge is 2.33. The van der Waals surface area contributed by atoms with Crippen molar-refractivity contribution in [1.82, 2.24) is 19.3 Å². The molecular weight excluding hydrogens is 461 g/mol. The van der Waals surface area contributed by atoms with Crippen LogP contribution in [0.15, 0.2) is 18.5 Å². The lowest BCUT2D eigenvalue weighted by Gasteiger charge is -2.31. The van der Waals surface area contributed by atoms with E-state index in [0.29, 0.717) is 54.3 Å². The maximum absolute atomic E-state index is 15.4. The lowest BCUT2D eigenvalue weighted by molar-refractivity contribution is 0.0537. The number of ether oxygens (including phenoxy) is 1. The zero-order valence-electron chi connectivity index (χ0n) is 19.7. The number of aliphatic hydroxyl groups is 1. The number of carbonyl (C=O) groups excluding carboxylic acids is 1. The molecule has 0 spiro atoms. The Hall–Kier alpha value is -2.91. The number of fused-ring (bicyclic) bond motifs is 1. The van der Waals surface area contributed by atoms with Gasteiger partial charge < -0.3 is 20.5 Å². The molecule has 3 heterocycles. The summed E-state index contributed by atoms with van der Waals surface area (Å²) in [5.41, 5.74) is 7.81. The molecule has 1 fully saturated rings. The van der Waals surface area contributed by atoms with Crippen molar-refractivity contribution in [2.75, 3.05) is 18.8 Å². The lowest BCUT2D eigenvalue weighted by Crippen LogP contribution is -2.40. The molecule has 1 aliphatic rings. The first-order valence-electron chi connectivity index (χ1n) is 11.3. The lowest BCUT2D eigenvalue weighted by atomic mass is 9.95. The summed E-state index contributed by atoms with van der Waals surface area (Å²) in [5, 5.41) is 9.65. The van der Waals surface area contributed by atoms with Gasteiger partial charge in [-0.2, -0.15) is 0 Å². The number of rotatable bonds is 5. The molecule has 0 radical (unpaired) electrons. The SMILES string of the molecule is Cc1nc(C(C)c2cc(Cl)c(F)c(C(=O)N3CCC(O)CC3)c2OC(C)C)n2ccnc(N)c12. The molecule has 3 N–H and O–H groups in total. The Balaban J connectivity index is 1.88.